The number of benzene rings is 1. The van der Waals surface area contributed by atoms with Gasteiger partial charge in [0.15, 0.2) is 0 Å². The molecular formula is C33H46F3N5O4. The van der Waals surface area contributed by atoms with E-state index in [0.29, 0.717) is 13.0 Å². The fourth-order valence-corrected chi connectivity index (χ4v) is 6.29. The Morgan fingerprint density at radius 3 is 2.24 bits per heavy atom. The van der Waals surface area contributed by atoms with E-state index >= 15 is 0 Å². The zero-order valence-corrected chi connectivity index (χ0v) is 26.8. The Morgan fingerprint density at radius 2 is 1.64 bits per heavy atom. The van der Waals surface area contributed by atoms with Crippen LogP contribution in [0, 0.1) is 46.7 Å². The number of nitrogens with one attached hydrogen (secondary N) is 2. The lowest BCUT2D eigenvalue weighted by Gasteiger charge is -2.33. The molecule has 5 rings (SSSR count). The van der Waals surface area contributed by atoms with E-state index in [1.807, 2.05) is 13.8 Å². The van der Waals surface area contributed by atoms with Crippen LogP contribution in [-0.2, 0) is 19.2 Å². The SMILES string of the molecule is CC.CC(C)C.N#CC1CC(C(=O)Nc2ccccc2F)CN1C(=O)[C@@H]1C2CCCCC2CN1C(=O)CNC(=O)C1CC1(F)F. The first-order valence-electron chi connectivity index (χ1n) is 16.0. The quantitative estimate of drug-likeness (QED) is 0.458. The molecule has 5 unspecified atom stereocenters. The van der Waals surface area contributed by atoms with Gasteiger partial charge in [-0.25, -0.2) is 13.2 Å². The second kappa shape index (κ2) is 15.6. The summed E-state index contributed by atoms with van der Waals surface area (Å²) < 4.78 is 40.5. The first kappa shape index (κ1) is 35.9. The fraction of sp³-hybridized carbons (Fsp3) is 0.667. The molecule has 0 bridgehead atoms. The Kier molecular flexibility index (Phi) is 12.4. The zero-order chi connectivity index (χ0) is 33.5. The Labute approximate surface area is 263 Å². The van der Waals surface area contributed by atoms with Gasteiger partial charge in [0.2, 0.25) is 23.6 Å². The van der Waals surface area contributed by atoms with Crippen LogP contribution in [0.2, 0.25) is 0 Å². The number of fused-ring (bicyclic) bond motifs is 1. The summed E-state index contributed by atoms with van der Waals surface area (Å²) in [6.45, 7) is 10.3. The number of alkyl halides is 2. The summed E-state index contributed by atoms with van der Waals surface area (Å²) in [6, 6.07) is 6.01. The summed E-state index contributed by atoms with van der Waals surface area (Å²) in [4.78, 5) is 54.7. The second-order valence-corrected chi connectivity index (χ2v) is 12.7. The molecule has 0 radical (unpaired) electrons. The van der Waals surface area contributed by atoms with Crippen molar-refractivity contribution >= 4 is 29.3 Å². The van der Waals surface area contributed by atoms with Gasteiger partial charge in [-0.1, -0.05) is 59.6 Å². The van der Waals surface area contributed by atoms with E-state index in [-0.39, 0.29) is 30.5 Å². The van der Waals surface area contributed by atoms with Gasteiger partial charge in [-0.3, -0.25) is 19.2 Å². The number of rotatable bonds is 6. The Balaban J connectivity index is 0.000000853. The van der Waals surface area contributed by atoms with Gasteiger partial charge < -0.3 is 20.4 Å². The number of hydrogen-bond acceptors (Lipinski definition) is 5. The van der Waals surface area contributed by atoms with E-state index < -0.39 is 72.3 Å². The van der Waals surface area contributed by atoms with Crippen molar-refractivity contribution in [1.29, 1.82) is 5.26 Å². The van der Waals surface area contributed by atoms with Gasteiger partial charge in [0.05, 0.1) is 24.2 Å². The number of anilines is 1. The molecule has 45 heavy (non-hydrogen) atoms. The van der Waals surface area contributed by atoms with Crippen LogP contribution in [0.25, 0.3) is 0 Å². The van der Waals surface area contributed by atoms with Crippen LogP contribution in [0.1, 0.15) is 73.1 Å². The van der Waals surface area contributed by atoms with Crippen LogP contribution in [-0.4, -0.2) is 71.1 Å². The average Bonchev–Trinajstić information content (AvgIpc) is 3.33. The zero-order valence-electron chi connectivity index (χ0n) is 26.8. The highest BCUT2D eigenvalue weighted by Crippen LogP contribution is 2.48. The van der Waals surface area contributed by atoms with Crippen LogP contribution >= 0.6 is 0 Å². The number of nitriles is 1. The summed E-state index contributed by atoms with van der Waals surface area (Å²) in [5.41, 5.74) is 0.00408. The van der Waals surface area contributed by atoms with E-state index in [1.165, 1.54) is 28.0 Å². The number of hydrogen-bond donors (Lipinski definition) is 2. The molecule has 4 amide bonds. The average molecular weight is 634 g/mol. The standard InChI is InChI=1S/C27H30F3N5O4.C4H10.C2H6/c28-20-7-3-4-8-21(20)33-24(37)16-9-17(11-31)34(14-16)26(39)23-18-6-2-1-5-15(18)13-35(23)22(36)12-32-25(38)19-10-27(19,29)30;1-4(2)3;1-2/h3-4,7-8,15-19,23H,1-2,5-6,9-10,12-14H2,(H,32,38)(H,33,37);4H,1-3H3;1-2H3/t15?,16?,17?,18?,19?,23-;;/m0../s1. The minimum Gasteiger partial charge on any atom is -0.347 e. The van der Waals surface area contributed by atoms with E-state index in [1.54, 1.807) is 6.07 Å². The third-order valence-corrected chi connectivity index (χ3v) is 8.51. The van der Waals surface area contributed by atoms with Gasteiger partial charge in [0.25, 0.3) is 5.92 Å². The maximum Gasteiger partial charge on any atom is 0.260 e. The molecule has 0 spiro atoms. The molecule has 2 saturated heterocycles. The number of nitrogens with zero attached hydrogens (tertiary/aromatic N) is 3. The van der Waals surface area contributed by atoms with E-state index in [0.717, 1.165) is 25.2 Å². The minimum absolute atomic E-state index is 0.00408. The molecule has 4 fully saturated rings. The predicted octanol–water partition coefficient (Wildman–Crippen LogP) is 4.98. The third kappa shape index (κ3) is 8.76. The molecule has 2 aliphatic carbocycles. The third-order valence-electron chi connectivity index (χ3n) is 8.51. The van der Waals surface area contributed by atoms with E-state index in [9.17, 15) is 37.6 Å². The Hall–Kier alpha value is -3.62. The maximum absolute atomic E-state index is 14.0. The summed E-state index contributed by atoms with van der Waals surface area (Å²) in [5, 5.41) is 14.6. The molecule has 2 aliphatic heterocycles. The van der Waals surface area contributed by atoms with Crippen molar-refractivity contribution in [3.8, 4) is 6.07 Å². The van der Waals surface area contributed by atoms with Crippen molar-refractivity contribution in [2.24, 2.45) is 29.6 Å². The van der Waals surface area contributed by atoms with Crippen molar-refractivity contribution < 1.29 is 32.3 Å². The van der Waals surface area contributed by atoms with Gasteiger partial charge in [-0.2, -0.15) is 5.26 Å². The number of carbonyl (C=O) groups is 4. The van der Waals surface area contributed by atoms with Crippen LogP contribution < -0.4 is 10.6 Å². The minimum atomic E-state index is -3.05. The van der Waals surface area contributed by atoms with E-state index in [2.05, 4.69) is 37.5 Å². The molecule has 0 aromatic heterocycles. The highest BCUT2D eigenvalue weighted by Gasteiger charge is 2.61. The molecule has 2 saturated carbocycles. The van der Waals surface area contributed by atoms with Crippen molar-refractivity contribution in [2.75, 3.05) is 25.0 Å². The van der Waals surface area contributed by atoms with Crippen LogP contribution in [0.4, 0.5) is 18.9 Å². The lowest BCUT2D eigenvalue weighted by Crippen LogP contribution is -2.53. The number of amides is 4. The molecule has 6 atom stereocenters. The lowest BCUT2D eigenvalue weighted by atomic mass is 9.78. The molecular weight excluding hydrogens is 587 g/mol. The second-order valence-electron chi connectivity index (χ2n) is 12.7. The van der Waals surface area contributed by atoms with Crippen molar-refractivity contribution in [3.63, 3.8) is 0 Å². The smallest absolute Gasteiger partial charge is 0.260 e. The molecule has 12 heteroatoms. The maximum atomic E-state index is 14.0. The monoisotopic (exact) mass is 633 g/mol. The van der Waals surface area contributed by atoms with Crippen molar-refractivity contribution in [3.05, 3.63) is 30.1 Å². The largest absolute Gasteiger partial charge is 0.347 e. The van der Waals surface area contributed by atoms with Gasteiger partial charge in [0.1, 0.15) is 23.8 Å². The van der Waals surface area contributed by atoms with E-state index in [4.69, 9.17) is 0 Å². The first-order valence-corrected chi connectivity index (χ1v) is 16.0. The number of para-hydroxylation sites is 1. The molecule has 1 aromatic carbocycles. The highest BCUT2D eigenvalue weighted by atomic mass is 19.3. The first-order chi connectivity index (χ1) is 21.3. The number of halogens is 3. The van der Waals surface area contributed by atoms with Crippen molar-refractivity contribution in [1.82, 2.24) is 15.1 Å². The molecule has 1 aromatic rings. The predicted molar refractivity (Wildman–Crippen MR) is 163 cm³/mol. The van der Waals surface area contributed by atoms with Crippen LogP contribution in [0.3, 0.4) is 0 Å². The number of likely N-dealkylation sites (tertiary alicyclic amines) is 2. The summed E-state index contributed by atoms with van der Waals surface area (Å²) in [5.74, 6) is -7.44. The lowest BCUT2D eigenvalue weighted by molar-refractivity contribution is -0.145. The van der Waals surface area contributed by atoms with Crippen LogP contribution in [0.15, 0.2) is 24.3 Å². The van der Waals surface area contributed by atoms with Gasteiger partial charge >= 0.3 is 0 Å². The van der Waals surface area contributed by atoms with Gasteiger partial charge in [-0.05, 0) is 49.1 Å². The molecule has 2 heterocycles. The fourth-order valence-electron chi connectivity index (χ4n) is 6.29. The Bertz CT molecular complexity index is 1270. The summed E-state index contributed by atoms with van der Waals surface area (Å²) in [6.07, 6.45) is 2.92. The molecule has 4 aliphatic rings. The highest BCUT2D eigenvalue weighted by molar-refractivity contribution is 5.95. The molecule has 2 N–H and O–H groups in total. The van der Waals surface area contributed by atoms with Gasteiger partial charge in [0, 0.05) is 19.5 Å². The molecule has 248 valence electrons. The summed E-state index contributed by atoms with van der Waals surface area (Å²) in [7, 11) is 0. The molecule has 9 nitrogen and oxygen atoms in total. The normalized spacial score (nSPS) is 27.6. The Morgan fingerprint density at radius 1 is 1.02 bits per heavy atom. The number of carbonyl (C=O) groups excluding carboxylic acids is 4. The van der Waals surface area contributed by atoms with Crippen LogP contribution in [0.5, 0.6) is 0 Å². The van der Waals surface area contributed by atoms with Crippen molar-refractivity contribution in [2.45, 2.75) is 91.1 Å². The summed E-state index contributed by atoms with van der Waals surface area (Å²) >= 11 is 0. The topological polar surface area (TPSA) is 123 Å². The van der Waals surface area contributed by atoms with Gasteiger partial charge in [-0.15, -0.1) is 0 Å².